The molecule has 0 aliphatic carbocycles. The van der Waals surface area contributed by atoms with Crippen molar-refractivity contribution in [2.45, 2.75) is 12.5 Å². The van der Waals surface area contributed by atoms with Crippen LogP contribution in [0.1, 0.15) is 6.42 Å². The summed E-state index contributed by atoms with van der Waals surface area (Å²) in [5, 5.41) is 19.9. The average Bonchev–Trinajstić information content (AvgIpc) is 2.57. The van der Waals surface area contributed by atoms with Gasteiger partial charge in [-0.3, -0.25) is 14.9 Å². The number of nitrogens with zero attached hydrogens (tertiary/aromatic N) is 2. The summed E-state index contributed by atoms with van der Waals surface area (Å²) < 4.78 is 0. The highest BCUT2D eigenvalue weighted by atomic mass is 16.6. The molecule has 90 valence electrons. The monoisotopic (exact) mass is 237 g/mol. The molecule has 2 rings (SSSR count). The molecule has 1 saturated heterocycles. The number of nitro benzene ring substituents is 1. The van der Waals surface area contributed by atoms with E-state index < -0.39 is 11.0 Å². The van der Waals surface area contributed by atoms with Gasteiger partial charge in [0.25, 0.3) is 5.69 Å². The van der Waals surface area contributed by atoms with Crippen LogP contribution in [0.3, 0.4) is 0 Å². The lowest BCUT2D eigenvalue weighted by atomic mass is 10.2. The Morgan fingerprint density at radius 1 is 1.53 bits per heavy atom. The molecule has 1 amide bonds. The van der Waals surface area contributed by atoms with Gasteiger partial charge >= 0.3 is 0 Å². The fourth-order valence-corrected chi connectivity index (χ4v) is 1.82. The molecule has 0 spiro atoms. The maximum Gasteiger partial charge on any atom is 0.271 e. The number of carbonyl (C=O) groups excluding carboxylic acids is 1. The molecule has 1 aliphatic heterocycles. The van der Waals surface area contributed by atoms with Crippen LogP contribution in [0.25, 0.3) is 0 Å². The summed E-state index contributed by atoms with van der Waals surface area (Å²) in [5.41, 5.74) is 6.09. The molecule has 0 radical (unpaired) electrons. The number of carbonyl (C=O) groups is 1. The van der Waals surface area contributed by atoms with Gasteiger partial charge in [0.1, 0.15) is 0 Å². The Kier molecular flexibility index (Phi) is 2.68. The number of aliphatic hydroxyl groups excluding tert-OH is 1. The second-order valence-electron chi connectivity index (χ2n) is 3.86. The maximum atomic E-state index is 11.5. The zero-order chi connectivity index (χ0) is 12.6. The van der Waals surface area contributed by atoms with Gasteiger partial charge in [-0.15, -0.1) is 0 Å². The van der Waals surface area contributed by atoms with Gasteiger partial charge in [-0.2, -0.15) is 0 Å². The van der Waals surface area contributed by atoms with Crippen LogP contribution in [0.15, 0.2) is 18.2 Å². The van der Waals surface area contributed by atoms with Crippen molar-refractivity contribution in [1.82, 2.24) is 0 Å². The van der Waals surface area contributed by atoms with Crippen LogP contribution in [0.5, 0.6) is 0 Å². The molecule has 0 bridgehead atoms. The predicted octanol–water partition coefficient (Wildman–Crippen LogP) is 0.275. The Morgan fingerprint density at radius 2 is 2.24 bits per heavy atom. The quantitative estimate of drug-likeness (QED) is 0.436. The highest BCUT2D eigenvalue weighted by Gasteiger charge is 2.30. The van der Waals surface area contributed by atoms with Crippen molar-refractivity contribution in [3.05, 3.63) is 28.3 Å². The maximum absolute atomic E-state index is 11.5. The summed E-state index contributed by atoms with van der Waals surface area (Å²) in [7, 11) is 0. The third-order valence-electron chi connectivity index (χ3n) is 2.62. The van der Waals surface area contributed by atoms with Crippen molar-refractivity contribution < 1.29 is 14.8 Å². The van der Waals surface area contributed by atoms with Crippen LogP contribution in [0, 0.1) is 10.1 Å². The van der Waals surface area contributed by atoms with E-state index in [2.05, 4.69) is 0 Å². The van der Waals surface area contributed by atoms with Crippen LogP contribution in [-0.4, -0.2) is 28.6 Å². The number of nitrogen functional groups attached to an aromatic ring is 1. The third-order valence-corrected chi connectivity index (χ3v) is 2.62. The van der Waals surface area contributed by atoms with Gasteiger partial charge in [-0.05, 0) is 6.07 Å². The number of anilines is 2. The molecular weight excluding hydrogens is 226 g/mol. The largest absolute Gasteiger partial charge is 0.397 e. The van der Waals surface area contributed by atoms with E-state index in [-0.39, 0.29) is 30.2 Å². The van der Waals surface area contributed by atoms with E-state index in [1.807, 2.05) is 0 Å². The van der Waals surface area contributed by atoms with Crippen molar-refractivity contribution in [3.63, 3.8) is 0 Å². The molecule has 1 aromatic rings. The highest BCUT2D eigenvalue weighted by Crippen LogP contribution is 2.30. The lowest BCUT2D eigenvalue weighted by Gasteiger charge is -2.17. The smallest absolute Gasteiger partial charge is 0.271 e. The molecule has 1 unspecified atom stereocenters. The van der Waals surface area contributed by atoms with E-state index >= 15 is 0 Å². The van der Waals surface area contributed by atoms with E-state index in [1.165, 1.54) is 23.1 Å². The number of β-amino-alcohol motifs (C(OH)–C–C–N with tert-alkyl or cyclic N) is 1. The first-order chi connectivity index (χ1) is 7.99. The summed E-state index contributed by atoms with van der Waals surface area (Å²) in [6.45, 7) is 0.168. The Labute approximate surface area is 96.6 Å². The summed E-state index contributed by atoms with van der Waals surface area (Å²) in [6, 6.07) is 3.90. The highest BCUT2D eigenvalue weighted by molar-refractivity contribution is 5.99. The SMILES string of the molecule is Nc1cc([N+](=O)[O-])ccc1N1CC(O)CC1=O. The molecule has 0 aromatic heterocycles. The Bertz CT molecular complexity index is 488. The minimum Gasteiger partial charge on any atom is -0.397 e. The standard InChI is InChI=1S/C10H11N3O4/c11-8-3-6(13(16)17)1-2-9(8)12-5-7(14)4-10(12)15/h1-3,7,14H,4-5,11H2. The Hall–Kier alpha value is -2.15. The van der Waals surface area contributed by atoms with Crippen LogP contribution in [0.2, 0.25) is 0 Å². The molecule has 7 nitrogen and oxygen atoms in total. The van der Waals surface area contributed by atoms with Gasteiger partial charge in [0.15, 0.2) is 0 Å². The first-order valence-electron chi connectivity index (χ1n) is 5.01. The van der Waals surface area contributed by atoms with Gasteiger partial charge in [0.05, 0.1) is 35.4 Å². The van der Waals surface area contributed by atoms with Gasteiger partial charge in [0, 0.05) is 12.1 Å². The zero-order valence-corrected chi connectivity index (χ0v) is 8.87. The van der Waals surface area contributed by atoms with E-state index in [0.29, 0.717) is 5.69 Å². The number of hydrogen-bond acceptors (Lipinski definition) is 5. The first kappa shape index (κ1) is 11.3. The second kappa shape index (κ2) is 4.02. The van der Waals surface area contributed by atoms with Crippen molar-refractivity contribution >= 4 is 23.0 Å². The lowest BCUT2D eigenvalue weighted by Crippen LogP contribution is -2.26. The molecule has 1 aliphatic rings. The van der Waals surface area contributed by atoms with Gasteiger partial charge in [-0.25, -0.2) is 0 Å². The summed E-state index contributed by atoms with van der Waals surface area (Å²) in [5.74, 6) is -0.238. The minimum atomic E-state index is -0.711. The van der Waals surface area contributed by atoms with Gasteiger partial charge < -0.3 is 15.7 Å². The zero-order valence-electron chi connectivity index (χ0n) is 8.87. The van der Waals surface area contributed by atoms with Crippen LogP contribution in [-0.2, 0) is 4.79 Å². The van der Waals surface area contributed by atoms with Gasteiger partial charge in [-0.1, -0.05) is 0 Å². The number of benzene rings is 1. The van der Waals surface area contributed by atoms with Crippen molar-refractivity contribution in [2.24, 2.45) is 0 Å². The fraction of sp³-hybridized carbons (Fsp3) is 0.300. The van der Waals surface area contributed by atoms with Crippen molar-refractivity contribution in [1.29, 1.82) is 0 Å². The fourth-order valence-electron chi connectivity index (χ4n) is 1.82. The molecule has 0 saturated carbocycles. The van der Waals surface area contributed by atoms with Crippen LogP contribution in [0.4, 0.5) is 17.1 Å². The second-order valence-corrected chi connectivity index (χ2v) is 3.86. The average molecular weight is 237 g/mol. The van der Waals surface area contributed by atoms with Crippen molar-refractivity contribution in [3.8, 4) is 0 Å². The van der Waals surface area contributed by atoms with Crippen molar-refractivity contribution in [2.75, 3.05) is 17.2 Å². The van der Waals surface area contributed by atoms with Crippen LogP contribution < -0.4 is 10.6 Å². The third kappa shape index (κ3) is 2.04. The Morgan fingerprint density at radius 3 is 2.71 bits per heavy atom. The molecule has 1 fully saturated rings. The number of non-ortho nitro benzene ring substituents is 1. The number of amides is 1. The minimum absolute atomic E-state index is 0.0520. The normalized spacial score (nSPS) is 19.7. The number of nitro groups is 1. The van der Waals surface area contributed by atoms with Crippen LogP contribution >= 0.6 is 0 Å². The van der Waals surface area contributed by atoms with E-state index in [4.69, 9.17) is 5.73 Å². The van der Waals surface area contributed by atoms with E-state index in [9.17, 15) is 20.0 Å². The Balaban J connectivity index is 2.34. The number of rotatable bonds is 2. The molecule has 17 heavy (non-hydrogen) atoms. The molecule has 1 atom stereocenters. The molecule has 1 heterocycles. The van der Waals surface area contributed by atoms with E-state index in [0.717, 1.165) is 0 Å². The van der Waals surface area contributed by atoms with E-state index in [1.54, 1.807) is 0 Å². The number of aliphatic hydroxyl groups is 1. The summed E-state index contributed by atoms with van der Waals surface area (Å²) in [4.78, 5) is 22.8. The molecule has 1 aromatic carbocycles. The predicted molar refractivity (Wildman–Crippen MR) is 60.5 cm³/mol. The lowest BCUT2D eigenvalue weighted by molar-refractivity contribution is -0.384. The number of nitrogens with two attached hydrogens (primary N) is 1. The summed E-state index contributed by atoms with van der Waals surface area (Å²) >= 11 is 0. The molecule has 3 N–H and O–H groups in total. The first-order valence-corrected chi connectivity index (χ1v) is 5.01. The topological polar surface area (TPSA) is 110 Å². The summed E-state index contributed by atoms with van der Waals surface area (Å²) in [6.07, 6.45) is -0.659. The number of hydrogen-bond donors (Lipinski definition) is 2. The molecule has 7 heteroatoms. The van der Waals surface area contributed by atoms with Gasteiger partial charge in [0.2, 0.25) is 5.91 Å². The molecular formula is C10H11N3O4.